The average Bonchev–Trinajstić information content (AvgIpc) is 2.45. The first-order valence-electron chi connectivity index (χ1n) is 7.26. The fraction of sp³-hybridized carbons (Fsp3) is 0.600. The van der Waals surface area contributed by atoms with E-state index < -0.39 is 10.0 Å². The quantitative estimate of drug-likeness (QED) is 0.801. The van der Waals surface area contributed by atoms with Gasteiger partial charge in [-0.15, -0.1) is 0 Å². The van der Waals surface area contributed by atoms with Crippen LogP contribution >= 0.6 is 0 Å². The van der Waals surface area contributed by atoms with Gasteiger partial charge in [0.1, 0.15) is 0 Å². The maximum Gasteiger partial charge on any atom is 0.243 e. The summed E-state index contributed by atoms with van der Waals surface area (Å²) in [6.45, 7) is 8.11. The van der Waals surface area contributed by atoms with E-state index in [1.807, 2.05) is 39.0 Å². The number of nitrogens with zero attached hydrogens (tertiary/aromatic N) is 1. The molecule has 0 amide bonds. The Morgan fingerprint density at radius 3 is 2.45 bits per heavy atom. The summed E-state index contributed by atoms with van der Waals surface area (Å²) in [5.41, 5.74) is 1.89. The smallest absolute Gasteiger partial charge is 0.243 e. The van der Waals surface area contributed by atoms with E-state index in [9.17, 15) is 8.42 Å². The maximum absolute atomic E-state index is 12.6. The second-order valence-electron chi connectivity index (χ2n) is 4.90. The SMILES string of the molecule is CCCN(C)S(=O)(=O)c1cc(CNCC)ccc1CC. The highest BCUT2D eigenvalue weighted by Crippen LogP contribution is 2.22. The van der Waals surface area contributed by atoms with Crippen molar-refractivity contribution < 1.29 is 8.42 Å². The van der Waals surface area contributed by atoms with Gasteiger partial charge in [-0.25, -0.2) is 12.7 Å². The Kier molecular flexibility index (Phi) is 6.65. The Bertz CT molecular complexity index is 527. The lowest BCUT2D eigenvalue weighted by molar-refractivity contribution is 0.467. The van der Waals surface area contributed by atoms with Crippen LogP contribution in [0, 0.1) is 0 Å². The largest absolute Gasteiger partial charge is 0.313 e. The third kappa shape index (κ3) is 4.04. The Balaban J connectivity index is 3.19. The van der Waals surface area contributed by atoms with E-state index in [-0.39, 0.29) is 0 Å². The molecule has 0 aliphatic heterocycles. The highest BCUT2D eigenvalue weighted by atomic mass is 32.2. The molecule has 20 heavy (non-hydrogen) atoms. The van der Waals surface area contributed by atoms with E-state index >= 15 is 0 Å². The van der Waals surface area contributed by atoms with Crippen LogP contribution in [-0.4, -0.2) is 32.9 Å². The van der Waals surface area contributed by atoms with Crippen LogP contribution in [0.3, 0.4) is 0 Å². The van der Waals surface area contributed by atoms with Crippen LogP contribution < -0.4 is 5.32 Å². The van der Waals surface area contributed by atoms with Crippen LogP contribution in [0.1, 0.15) is 38.3 Å². The number of sulfonamides is 1. The summed E-state index contributed by atoms with van der Waals surface area (Å²) >= 11 is 0. The molecule has 0 fully saturated rings. The molecule has 1 rings (SSSR count). The number of hydrogen-bond acceptors (Lipinski definition) is 3. The Morgan fingerprint density at radius 1 is 1.20 bits per heavy atom. The van der Waals surface area contributed by atoms with E-state index in [2.05, 4.69) is 5.32 Å². The Morgan fingerprint density at radius 2 is 1.90 bits per heavy atom. The maximum atomic E-state index is 12.6. The molecule has 4 nitrogen and oxygen atoms in total. The van der Waals surface area contributed by atoms with E-state index in [1.165, 1.54) is 4.31 Å². The first-order chi connectivity index (χ1) is 9.47. The molecule has 1 N–H and O–H groups in total. The first kappa shape index (κ1) is 17.1. The fourth-order valence-corrected chi connectivity index (χ4v) is 3.72. The molecular weight excluding hydrogens is 272 g/mol. The van der Waals surface area contributed by atoms with Gasteiger partial charge in [-0.1, -0.05) is 32.9 Å². The van der Waals surface area contributed by atoms with E-state index in [1.54, 1.807) is 7.05 Å². The predicted molar refractivity (Wildman–Crippen MR) is 83.3 cm³/mol. The second kappa shape index (κ2) is 7.76. The lowest BCUT2D eigenvalue weighted by Gasteiger charge is -2.19. The van der Waals surface area contributed by atoms with E-state index in [0.717, 1.165) is 30.5 Å². The summed E-state index contributed by atoms with van der Waals surface area (Å²) in [5.74, 6) is 0. The normalized spacial score (nSPS) is 12.1. The zero-order valence-corrected chi connectivity index (χ0v) is 13.8. The molecule has 0 heterocycles. The first-order valence-corrected chi connectivity index (χ1v) is 8.70. The minimum atomic E-state index is -3.39. The molecule has 0 saturated heterocycles. The highest BCUT2D eigenvalue weighted by molar-refractivity contribution is 7.89. The van der Waals surface area contributed by atoms with Gasteiger partial charge in [-0.2, -0.15) is 0 Å². The molecule has 0 saturated carbocycles. The summed E-state index contributed by atoms with van der Waals surface area (Å²) in [4.78, 5) is 0.450. The van der Waals surface area contributed by atoms with Crippen molar-refractivity contribution in [1.29, 1.82) is 0 Å². The van der Waals surface area contributed by atoms with Gasteiger partial charge >= 0.3 is 0 Å². The van der Waals surface area contributed by atoms with Crippen LogP contribution in [0.5, 0.6) is 0 Å². The Labute approximate surface area is 123 Å². The minimum Gasteiger partial charge on any atom is -0.313 e. The second-order valence-corrected chi connectivity index (χ2v) is 6.92. The molecule has 0 unspecified atom stereocenters. The van der Waals surface area contributed by atoms with Crippen molar-refractivity contribution in [2.24, 2.45) is 0 Å². The number of hydrogen-bond donors (Lipinski definition) is 1. The summed E-state index contributed by atoms with van der Waals surface area (Å²) in [5, 5.41) is 3.23. The number of benzene rings is 1. The summed E-state index contributed by atoms with van der Waals surface area (Å²) < 4.78 is 26.7. The third-order valence-corrected chi connectivity index (χ3v) is 5.26. The van der Waals surface area contributed by atoms with Crippen LogP contribution in [0.25, 0.3) is 0 Å². The van der Waals surface area contributed by atoms with E-state index in [4.69, 9.17) is 0 Å². The molecular formula is C15H26N2O2S. The molecule has 0 atom stereocenters. The van der Waals surface area contributed by atoms with Crippen molar-refractivity contribution >= 4 is 10.0 Å². The minimum absolute atomic E-state index is 0.450. The lowest BCUT2D eigenvalue weighted by Crippen LogP contribution is -2.28. The summed E-state index contributed by atoms with van der Waals surface area (Å²) in [6, 6.07) is 5.74. The molecule has 0 spiro atoms. The van der Waals surface area contributed by atoms with Gasteiger partial charge in [0, 0.05) is 20.1 Å². The van der Waals surface area contributed by atoms with Gasteiger partial charge < -0.3 is 5.32 Å². The van der Waals surface area contributed by atoms with Gasteiger partial charge in [-0.05, 0) is 36.6 Å². The Hall–Kier alpha value is -0.910. The molecule has 0 aromatic heterocycles. The van der Waals surface area contributed by atoms with Gasteiger partial charge in [0.05, 0.1) is 4.90 Å². The zero-order chi connectivity index (χ0) is 15.2. The van der Waals surface area contributed by atoms with Crippen molar-refractivity contribution in [2.45, 2.75) is 45.1 Å². The number of rotatable bonds is 8. The van der Waals surface area contributed by atoms with Crippen LogP contribution in [0.15, 0.2) is 23.1 Å². The van der Waals surface area contributed by atoms with Crippen LogP contribution in [0.2, 0.25) is 0 Å². The topological polar surface area (TPSA) is 49.4 Å². The van der Waals surface area contributed by atoms with Gasteiger partial charge in [0.25, 0.3) is 0 Å². The molecule has 0 bridgehead atoms. The molecule has 114 valence electrons. The average molecular weight is 298 g/mol. The summed E-state index contributed by atoms with van der Waals surface area (Å²) in [7, 11) is -1.74. The lowest BCUT2D eigenvalue weighted by atomic mass is 10.1. The van der Waals surface area contributed by atoms with Crippen molar-refractivity contribution in [3.63, 3.8) is 0 Å². The summed E-state index contributed by atoms with van der Waals surface area (Å²) in [6.07, 6.45) is 1.53. The van der Waals surface area contributed by atoms with Crippen molar-refractivity contribution in [2.75, 3.05) is 20.1 Å². The van der Waals surface area contributed by atoms with Crippen molar-refractivity contribution in [3.05, 3.63) is 29.3 Å². The monoisotopic (exact) mass is 298 g/mol. The van der Waals surface area contributed by atoms with Gasteiger partial charge in [-0.3, -0.25) is 0 Å². The van der Waals surface area contributed by atoms with Crippen molar-refractivity contribution in [1.82, 2.24) is 9.62 Å². The predicted octanol–water partition coefficient (Wildman–Crippen LogP) is 2.39. The van der Waals surface area contributed by atoms with Gasteiger partial charge in [0.2, 0.25) is 10.0 Å². The molecule has 1 aromatic carbocycles. The molecule has 5 heteroatoms. The molecule has 0 aliphatic carbocycles. The molecule has 0 radical (unpaired) electrons. The van der Waals surface area contributed by atoms with Crippen molar-refractivity contribution in [3.8, 4) is 0 Å². The molecule has 0 aliphatic rings. The highest BCUT2D eigenvalue weighted by Gasteiger charge is 2.23. The van der Waals surface area contributed by atoms with Crippen LogP contribution in [0.4, 0.5) is 0 Å². The number of aryl methyl sites for hydroxylation is 1. The zero-order valence-electron chi connectivity index (χ0n) is 12.9. The number of nitrogens with one attached hydrogen (secondary N) is 1. The van der Waals surface area contributed by atoms with Gasteiger partial charge in [0.15, 0.2) is 0 Å². The fourth-order valence-electron chi connectivity index (χ4n) is 2.11. The molecule has 1 aromatic rings. The van der Waals surface area contributed by atoms with Crippen LogP contribution in [-0.2, 0) is 23.0 Å². The van der Waals surface area contributed by atoms with E-state index in [0.29, 0.717) is 18.0 Å². The third-order valence-electron chi connectivity index (χ3n) is 3.32. The standard InChI is InChI=1S/C15H26N2O2S/c1-5-10-17(4)20(18,19)15-11-13(12-16-7-3)8-9-14(15)6-2/h8-9,11,16H,5-7,10,12H2,1-4H3.